The normalized spacial score (nSPS) is 15.4. The van der Waals surface area contributed by atoms with Crippen molar-refractivity contribution in [2.75, 3.05) is 11.9 Å². The van der Waals surface area contributed by atoms with E-state index in [4.69, 9.17) is 23.2 Å². The standard InChI is InChI=1S/C12H15Cl2N/c1-8-6-11(14)12(7-10(8)13)15-5-4-9-2-3-9/h6-7,9,15H,2-5H2,1H3. The molecule has 0 heterocycles. The van der Waals surface area contributed by atoms with Gasteiger partial charge in [-0.25, -0.2) is 0 Å². The smallest absolute Gasteiger partial charge is 0.0641 e. The van der Waals surface area contributed by atoms with Gasteiger partial charge in [0.05, 0.1) is 10.7 Å². The molecule has 1 N–H and O–H groups in total. The lowest BCUT2D eigenvalue weighted by molar-refractivity contribution is 0.760. The highest BCUT2D eigenvalue weighted by Crippen LogP contribution is 2.33. The molecule has 1 nitrogen and oxygen atoms in total. The molecule has 0 amide bonds. The molecular formula is C12H15Cl2N. The fourth-order valence-corrected chi connectivity index (χ4v) is 2.05. The van der Waals surface area contributed by atoms with Crippen LogP contribution in [0.1, 0.15) is 24.8 Å². The molecule has 1 aliphatic rings. The first-order valence-corrected chi connectivity index (χ1v) is 6.12. The summed E-state index contributed by atoms with van der Waals surface area (Å²) in [4.78, 5) is 0. The molecule has 3 heteroatoms. The van der Waals surface area contributed by atoms with Gasteiger partial charge in [-0.05, 0) is 37.0 Å². The second-order valence-corrected chi connectivity index (χ2v) is 5.05. The van der Waals surface area contributed by atoms with Crippen molar-refractivity contribution in [1.82, 2.24) is 0 Å². The Hall–Kier alpha value is -0.400. The predicted octanol–water partition coefficient (Wildman–Crippen LogP) is 4.51. The summed E-state index contributed by atoms with van der Waals surface area (Å²) in [6.07, 6.45) is 4.02. The Morgan fingerprint density at radius 1 is 1.27 bits per heavy atom. The largest absolute Gasteiger partial charge is 0.384 e. The van der Waals surface area contributed by atoms with Crippen LogP contribution in [0.4, 0.5) is 5.69 Å². The zero-order valence-corrected chi connectivity index (χ0v) is 10.3. The molecule has 0 aliphatic heterocycles. The lowest BCUT2D eigenvalue weighted by Gasteiger charge is -2.09. The average Bonchev–Trinajstić information content (AvgIpc) is 2.97. The molecule has 1 fully saturated rings. The fraction of sp³-hybridized carbons (Fsp3) is 0.500. The third-order valence-electron chi connectivity index (χ3n) is 2.81. The molecule has 0 radical (unpaired) electrons. The number of anilines is 1. The number of nitrogens with one attached hydrogen (secondary N) is 1. The zero-order valence-electron chi connectivity index (χ0n) is 8.82. The van der Waals surface area contributed by atoms with E-state index in [-0.39, 0.29) is 0 Å². The highest BCUT2D eigenvalue weighted by atomic mass is 35.5. The van der Waals surface area contributed by atoms with E-state index in [1.807, 2.05) is 19.1 Å². The summed E-state index contributed by atoms with van der Waals surface area (Å²) in [5, 5.41) is 4.86. The molecule has 82 valence electrons. The van der Waals surface area contributed by atoms with Crippen LogP contribution in [0.2, 0.25) is 10.0 Å². The van der Waals surface area contributed by atoms with Crippen LogP contribution in [0, 0.1) is 12.8 Å². The molecule has 2 rings (SSSR count). The van der Waals surface area contributed by atoms with Gasteiger partial charge < -0.3 is 5.32 Å². The summed E-state index contributed by atoms with van der Waals surface area (Å²) >= 11 is 12.2. The molecule has 0 unspecified atom stereocenters. The third kappa shape index (κ3) is 3.02. The fourth-order valence-electron chi connectivity index (χ4n) is 1.60. The Labute approximate surface area is 101 Å². The molecule has 0 saturated heterocycles. The molecule has 1 saturated carbocycles. The van der Waals surface area contributed by atoms with E-state index in [1.165, 1.54) is 19.3 Å². The maximum atomic E-state index is 6.11. The molecular weight excluding hydrogens is 229 g/mol. The monoisotopic (exact) mass is 243 g/mol. The predicted molar refractivity (Wildman–Crippen MR) is 67.0 cm³/mol. The molecule has 0 aromatic heterocycles. The van der Waals surface area contributed by atoms with Gasteiger partial charge in [-0.2, -0.15) is 0 Å². The van der Waals surface area contributed by atoms with Gasteiger partial charge in [-0.15, -0.1) is 0 Å². The first-order valence-electron chi connectivity index (χ1n) is 5.36. The number of hydrogen-bond donors (Lipinski definition) is 1. The van der Waals surface area contributed by atoms with Gasteiger partial charge >= 0.3 is 0 Å². The second kappa shape index (κ2) is 4.63. The van der Waals surface area contributed by atoms with E-state index in [1.54, 1.807) is 0 Å². The summed E-state index contributed by atoms with van der Waals surface area (Å²) in [5.41, 5.74) is 1.97. The average molecular weight is 244 g/mol. The maximum Gasteiger partial charge on any atom is 0.0641 e. The number of halogens is 2. The summed E-state index contributed by atoms with van der Waals surface area (Å²) in [6, 6.07) is 3.81. The van der Waals surface area contributed by atoms with Crippen molar-refractivity contribution in [3.63, 3.8) is 0 Å². The van der Waals surface area contributed by atoms with Crippen molar-refractivity contribution in [2.45, 2.75) is 26.2 Å². The Morgan fingerprint density at radius 3 is 2.67 bits per heavy atom. The van der Waals surface area contributed by atoms with Gasteiger partial charge in [0.25, 0.3) is 0 Å². The van der Waals surface area contributed by atoms with Crippen LogP contribution in [0.25, 0.3) is 0 Å². The summed E-state index contributed by atoms with van der Waals surface area (Å²) in [6.45, 7) is 2.95. The van der Waals surface area contributed by atoms with Crippen molar-refractivity contribution in [2.24, 2.45) is 5.92 Å². The summed E-state index contributed by atoms with van der Waals surface area (Å²) in [5.74, 6) is 0.942. The molecule has 1 aromatic rings. The minimum absolute atomic E-state index is 0.757. The van der Waals surface area contributed by atoms with Gasteiger partial charge in [0.2, 0.25) is 0 Å². The number of benzene rings is 1. The van der Waals surface area contributed by atoms with Crippen LogP contribution >= 0.6 is 23.2 Å². The highest BCUT2D eigenvalue weighted by Gasteiger charge is 2.20. The molecule has 1 aliphatic carbocycles. The Kier molecular flexibility index (Phi) is 3.42. The van der Waals surface area contributed by atoms with E-state index in [2.05, 4.69) is 5.32 Å². The van der Waals surface area contributed by atoms with Crippen molar-refractivity contribution < 1.29 is 0 Å². The van der Waals surface area contributed by atoms with Crippen LogP contribution in [-0.2, 0) is 0 Å². The van der Waals surface area contributed by atoms with E-state index in [0.717, 1.165) is 33.8 Å². The zero-order chi connectivity index (χ0) is 10.8. The maximum absolute atomic E-state index is 6.11. The number of aryl methyl sites for hydroxylation is 1. The van der Waals surface area contributed by atoms with Gasteiger partial charge in [0.1, 0.15) is 0 Å². The lowest BCUT2D eigenvalue weighted by Crippen LogP contribution is -2.02. The summed E-state index contributed by atoms with van der Waals surface area (Å²) in [7, 11) is 0. The SMILES string of the molecule is Cc1cc(Cl)c(NCCC2CC2)cc1Cl. The Bertz CT molecular complexity index is 359. The highest BCUT2D eigenvalue weighted by molar-refractivity contribution is 6.35. The van der Waals surface area contributed by atoms with Crippen molar-refractivity contribution in [1.29, 1.82) is 0 Å². The minimum atomic E-state index is 0.757. The van der Waals surface area contributed by atoms with E-state index in [9.17, 15) is 0 Å². The lowest BCUT2D eigenvalue weighted by atomic mass is 10.2. The topological polar surface area (TPSA) is 12.0 Å². The minimum Gasteiger partial charge on any atom is -0.384 e. The van der Waals surface area contributed by atoms with Crippen LogP contribution in [0.3, 0.4) is 0 Å². The number of rotatable bonds is 4. The van der Waals surface area contributed by atoms with Crippen LogP contribution < -0.4 is 5.32 Å². The molecule has 1 aromatic carbocycles. The van der Waals surface area contributed by atoms with Gasteiger partial charge in [-0.3, -0.25) is 0 Å². The molecule has 0 atom stereocenters. The molecule has 0 spiro atoms. The van der Waals surface area contributed by atoms with Crippen LogP contribution in [0.15, 0.2) is 12.1 Å². The quantitative estimate of drug-likeness (QED) is 0.821. The first kappa shape index (κ1) is 11.1. The van der Waals surface area contributed by atoms with Gasteiger partial charge in [0.15, 0.2) is 0 Å². The second-order valence-electron chi connectivity index (χ2n) is 4.24. The van der Waals surface area contributed by atoms with E-state index in [0.29, 0.717) is 0 Å². The van der Waals surface area contributed by atoms with Crippen molar-refractivity contribution >= 4 is 28.9 Å². The molecule has 0 bridgehead atoms. The number of hydrogen-bond acceptors (Lipinski definition) is 1. The first-order chi connectivity index (χ1) is 7.16. The van der Waals surface area contributed by atoms with E-state index < -0.39 is 0 Å². The van der Waals surface area contributed by atoms with E-state index >= 15 is 0 Å². The molecule has 15 heavy (non-hydrogen) atoms. The van der Waals surface area contributed by atoms with Gasteiger partial charge in [0, 0.05) is 11.6 Å². The summed E-state index contributed by atoms with van der Waals surface area (Å²) < 4.78 is 0. The van der Waals surface area contributed by atoms with Crippen molar-refractivity contribution in [3.8, 4) is 0 Å². The van der Waals surface area contributed by atoms with Gasteiger partial charge in [-0.1, -0.05) is 36.0 Å². The van der Waals surface area contributed by atoms with Crippen molar-refractivity contribution in [3.05, 3.63) is 27.7 Å². The Balaban J connectivity index is 1.96. The third-order valence-corrected chi connectivity index (χ3v) is 3.53. The Morgan fingerprint density at radius 2 is 2.00 bits per heavy atom. The van der Waals surface area contributed by atoms with Crippen LogP contribution in [-0.4, -0.2) is 6.54 Å². The van der Waals surface area contributed by atoms with Crippen LogP contribution in [0.5, 0.6) is 0 Å².